The molecule has 174 valence electrons. The van der Waals surface area contributed by atoms with Crippen LogP contribution in [-0.4, -0.2) is 34.4 Å². The van der Waals surface area contributed by atoms with E-state index >= 15 is 0 Å². The number of aromatic nitrogens is 4. The SMILES string of the molecule is [2H]c1c([2H])c([2H])c(-c2nc(-c3ccccc3)nc(-c3cccc4c3ccc3nc(-c5ccccc5)[se]c34)n2)c([2H])c1[2H]. The molecule has 0 aliphatic carbocycles. The molecule has 0 unspecified atom stereocenters. The molecular formula is C32H20N4Se. The topological polar surface area (TPSA) is 51.6 Å². The Morgan fingerprint density at radius 1 is 0.514 bits per heavy atom. The molecule has 0 aliphatic heterocycles. The van der Waals surface area contributed by atoms with Crippen molar-refractivity contribution in [3.63, 3.8) is 0 Å². The Bertz CT molecular complexity index is 2120. The molecule has 2 heterocycles. The van der Waals surface area contributed by atoms with E-state index in [0.717, 1.165) is 37.5 Å². The molecule has 0 radical (unpaired) electrons. The standard InChI is InChI=1S/C32H20N4Se/c1-4-11-21(12-5-1)29-34-30(22-13-6-2-7-14-22)36-31(35-29)26-18-10-17-25-24(26)19-20-27-28(25)37-32(33-27)23-15-8-3-9-16-23/h1-20H/i1D,4D,5D,11D,12D. The summed E-state index contributed by atoms with van der Waals surface area (Å²) in [5.41, 5.74) is 3.49. The van der Waals surface area contributed by atoms with Crippen LogP contribution in [0.15, 0.2) is 121 Å². The van der Waals surface area contributed by atoms with Gasteiger partial charge < -0.3 is 0 Å². The van der Waals surface area contributed by atoms with E-state index in [1.54, 1.807) is 0 Å². The van der Waals surface area contributed by atoms with Crippen LogP contribution in [0.3, 0.4) is 0 Å². The first-order chi connectivity index (χ1) is 20.4. The monoisotopic (exact) mass is 545 g/mol. The molecule has 0 spiro atoms. The Morgan fingerprint density at radius 2 is 1.19 bits per heavy atom. The zero-order chi connectivity index (χ0) is 29.0. The van der Waals surface area contributed by atoms with Crippen molar-refractivity contribution in [2.45, 2.75) is 0 Å². The fourth-order valence-electron chi connectivity index (χ4n) is 4.33. The normalized spacial score (nSPS) is 13.1. The molecule has 5 aromatic carbocycles. The summed E-state index contributed by atoms with van der Waals surface area (Å²) in [5.74, 6) is 0.721. The number of hydrogen-bond acceptors (Lipinski definition) is 4. The van der Waals surface area contributed by atoms with Crippen LogP contribution in [0.25, 0.3) is 64.8 Å². The minimum absolute atomic E-state index is 0.00157. The van der Waals surface area contributed by atoms with Crippen LogP contribution in [0.1, 0.15) is 6.85 Å². The van der Waals surface area contributed by atoms with E-state index in [4.69, 9.17) is 21.8 Å². The van der Waals surface area contributed by atoms with Crippen LogP contribution >= 0.6 is 0 Å². The molecule has 7 rings (SSSR count). The van der Waals surface area contributed by atoms with Gasteiger partial charge in [0.25, 0.3) is 0 Å². The van der Waals surface area contributed by atoms with Crippen LogP contribution in [0, 0.1) is 0 Å². The van der Waals surface area contributed by atoms with Crippen molar-refractivity contribution in [1.82, 2.24) is 19.9 Å². The van der Waals surface area contributed by atoms with E-state index in [1.165, 1.54) is 4.26 Å². The number of benzene rings is 5. The molecule has 0 N–H and O–H groups in total. The Morgan fingerprint density at radius 3 is 1.95 bits per heavy atom. The fraction of sp³-hybridized carbons (Fsp3) is 0. The van der Waals surface area contributed by atoms with Crippen molar-refractivity contribution in [2.75, 3.05) is 0 Å². The molecule has 37 heavy (non-hydrogen) atoms. The summed E-state index contributed by atoms with van der Waals surface area (Å²) < 4.78 is 43.7. The average Bonchev–Trinajstić information content (AvgIpc) is 3.49. The van der Waals surface area contributed by atoms with Gasteiger partial charge in [-0.05, 0) is 0 Å². The van der Waals surface area contributed by atoms with Gasteiger partial charge in [0.05, 0.1) is 0 Å². The van der Waals surface area contributed by atoms with Crippen LogP contribution in [0.4, 0.5) is 0 Å². The molecule has 0 amide bonds. The first kappa shape index (κ1) is 17.1. The summed E-state index contributed by atoms with van der Waals surface area (Å²) in [5, 5.41) is 2.01. The zero-order valence-electron chi connectivity index (χ0n) is 24.4. The molecule has 0 bridgehead atoms. The second-order valence-corrected chi connectivity index (χ2v) is 10.5. The predicted molar refractivity (Wildman–Crippen MR) is 151 cm³/mol. The summed E-state index contributed by atoms with van der Waals surface area (Å²) >= 11 is 0.00157. The van der Waals surface area contributed by atoms with Crippen LogP contribution < -0.4 is 0 Å². The van der Waals surface area contributed by atoms with E-state index < -0.39 is 18.1 Å². The van der Waals surface area contributed by atoms with Gasteiger partial charge in [0, 0.05) is 0 Å². The van der Waals surface area contributed by atoms with Gasteiger partial charge in [-0.1, -0.05) is 0 Å². The van der Waals surface area contributed by atoms with E-state index in [-0.39, 0.29) is 38.0 Å². The Labute approximate surface area is 227 Å². The van der Waals surface area contributed by atoms with E-state index in [1.807, 2.05) is 72.8 Å². The third kappa shape index (κ3) is 4.05. The molecular weight excluding hydrogens is 519 g/mol. The summed E-state index contributed by atoms with van der Waals surface area (Å²) in [6.45, 7) is 0. The zero-order valence-corrected chi connectivity index (χ0v) is 21.1. The third-order valence-corrected chi connectivity index (χ3v) is 8.48. The van der Waals surface area contributed by atoms with Crippen LogP contribution in [0.5, 0.6) is 0 Å². The maximum atomic E-state index is 8.54. The first-order valence-corrected chi connectivity index (χ1v) is 13.4. The molecule has 0 saturated carbocycles. The van der Waals surface area contributed by atoms with E-state index in [9.17, 15) is 0 Å². The van der Waals surface area contributed by atoms with Crippen molar-refractivity contribution >= 4 is 35.1 Å². The van der Waals surface area contributed by atoms with Crippen molar-refractivity contribution in [2.24, 2.45) is 0 Å². The summed E-state index contributed by atoms with van der Waals surface area (Å²) in [4.78, 5) is 19.1. The number of nitrogens with zero attached hydrogens (tertiary/aromatic N) is 4. The predicted octanol–water partition coefficient (Wildman–Crippen LogP) is 7.30. The summed E-state index contributed by atoms with van der Waals surface area (Å²) in [6.07, 6.45) is 0. The molecule has 2 aromatic heterocycles. The van der Waals surface area contributed by atoms with Gasteiger partial charge >= 0.3 is 227 Å². The Kier molecular flexibility index (Phi) is 4.26. The van der Waals surface area contributed by atoms with Crippen LogP contribution in [0.2, 0.25) is 0 Å². The molecule has 4 nitrogen and oxygen atoms in total. The summed E-state index contributed by atoms with van der Waals surface area (Å²) in [6, 6.07) is 27.5. The van der Waals surface area contributed by atoms with Gasteiger partial charge in [-0.2, -0.15) is 0 Å². The maximum absolute atomic E-state index is 8.54. The second kappa shape index (κ2) is 9.21. The third-order valence-electron chi connectivity index (χ3n) is 6.06. The Hall–Kier alpha value is -4.44. The van der Waals surface area contributed by atoms with Crippen molar-refractivity contribution in [3.05, 3.63) is 121 Å². The molecule has 0 saturated heterocycles. The van der Waals surface area contributed by atoms with Gasteiger partial charge in [-0.15, -0.1) is 0 Å². The summed E-state index contributed by atoms with van der Waals surface area (Å²) in [7, 11) is 0. The molecule has 0 aliphatic rings. The number of hydrogen-bond donors (Lipinski definition) is 0. The molecule has 5 heteroatoms. The fourth-order valence-corrected chi connectivity index (χ4v) is 6.63. The van der Waals surface area contributed by atoms with Crippen LogP contribution in [-0.2, 0) is 0 Å². The number of rotatable bonds is 4. The Balaban J connectivity index is 1.48. The van der Waals surface area contributed by atoms with Crippen molar-refractivity contribution in [3.8, 4) is 44.3 Å². The molecule has 0 atom stereocenters. The van der Waals surface area contributed by atoms with Gasteiger partial charge in [0.1, 0.15) is 0 Å². The van der Waals surface area contributed by atoms with E-state index in [0.29, 0.717) is 11.6 Å². The van der Waals surface area contributed by atoms with Crippen molar-refractivity contribution in [1.29, 1.82) is 0 Å². The van der Waals surface area contributed by atoms with Gasteiger partial charge in [0.2, 0.25) is 0 Å². The minimum atomic E-state index is -0.465. The van der Waals surface area contributed by atoms with Gasteiger partial charge in [-0.3, -0.25) is 0 Å². The molecule has 0 fully saturated rings. The van der Waals surface area contributed by atoms with Gasteiger partial charge in [-0.25, -0.2) is 0 Å². The second-order valence-electron chi connectivity index (χ2n) is 8.37. The van der Waals surface area contributed by atoms with Crippen molar-refractivity contribution < 1.29 is 6.85 Å². The first-order valence-electron chi connectivity index (χ1n) is 14.2. The van der Waals surface area contributed by atoms with Gasteiger partial charge in [0.15, 0.2) is 0 Å². The quantitative estimate of drug-likeness (QED) is 0.218. The number of fused-ring (bicyclic) bond motifs is 3. The average molecular weight is 545 g/mol. The van der Waals surface area contributed by atoms with E-state index in [2.05, 4.69) is 23.2 Å². The molecule has 7 aromatic rings.